The van der Waals surface area contributed by atoms with Crippen LogP contribution in [0, 0.1) is 22.2 Å². The summed E-state index contributed by atoms with van der Waals surface area (Å²) < 4.78 is 12.4. The third-order valence-corrected chi connectivity index (χ3v) is 7.42. The van der Waals surface area contributed by atoms with Crippen LogP contribution in [0.5, 0.6) is 0 Å². The number of carbonyl (C=O) groups excluding carboxylic acids is 1. The van der Waals surface area contributed by atoms with Gasteiger partial charge in [-0.1, -0.05) is 37.6 Å². The molecule has 1 saturated carbocycles. The lowest BCUT2D eigenvalue weighted by atomic mass is 9.43. The molecule has 2 aliphatic heterocycles. The molecule has 3 fully saturated rings. The Morgan fingerprint density at radius 3 is 2.91 bits per heavy atom. The third kappa shape index (κ3) is 1.11. The zero-order valence-corrected chi connectivity index (χ0v) is 13.6. The predicted molar refractivity (Wildman–Crippen MR) is 82.1 cm³/mol. The van der Waals surface area contributed by atoms with Crippen LogP contribution in [0.1, 0.15) is 46.5 Å². The van der Waals surface area contributed by atoms with Gasteiger partial charge < -0.3 is 9.47 Å². The predicted octanol–water partition coefficient (Wildman–Crippen LogP) is 3.40. The molecule has 6 rings (SSSR count). The van der Waals surface area contributed by atoms with Gasteiger partial charge in [-0.3, -0.25) is 0 Å². The zero-order valence-electron chi connectivity index (χ0n) is 13.6. The maximum atomic E-state index is 12.9. The van der Waals surface area contributed by atoms with Crippen molar-refractivity contribution < 1.29 is 14.3 Å². The van der Waals surface area contributed by atoms with E-state index in [1.807, 2.05) is 0 Å². The normalized spacial score (nSPS) is 53.6. The van der Waals surface area contributed by atoms with Gasteiger partial charge in [0.2, 0.25) is 0 Å². The van der Waals surface area contributed by atoms with Crippen molar-refractivity contribution in [2.75, 3.05) is 6.61 Å². The molecule has 3 heteroatoms. The largest absolute Gasteiger partial charge is 0.462 e. The van der Waals surface area contributed by atoms with Gasteiger partial charge in [0.05, 0.1) is 11.5 Å². The van der Waals surface area contributed by atoms with Gasteiger partial charge >= 0.3 is 5.97 Å². The molecule has 118 valence electrons. The molecule has 0 N–H and O–H groups in total. The minimum atomic E-state index is -0.732. The van der Waals surface area contributed by atoms with E-state index in [9.17, 15) is 4.79 Å². The molecule has 0 aromatic carbocycles. The summed E-state index contributed by atoms with van der Waals surface area (Å²) in [5, 5.41) is 0. The highest BCUT2D eigenvalue weighted by Gasteiger charge is 2.81. The minimum absolute atomic E-state index is 0.0433. The summed E-state index contributed by atoms with van der Waals surface area (Å²) in [5.41, 5.74) is 0.408. The monoisotopic (exact) mass is 300 g/mol. The van der Waals surface area contributed by atoms with Crippen molar-refractivity contribution >= 4 is 5.97 Å². The van der Waals surface area contributed by atoms with Crippen molar-refractivity contribution in [1.29, 1.82) is 0 Å². The van der Waals surface area contributed by atoms with Crippen LogP contribution < -0.4 is 0 Å². The molecule has 5 atom stereocenters. The Labute approximate surface area is 131 Å². The van der Waals surface area contributed by atoms with Gasteiger partial charge in [0.15, 0.2) is 5.60 Å². The van der Waals surface area contributed by atoms with Gasteiger partial charge in [0.1, 0.15) is 6.61 Å². The molecule has 0 amide bonds. The van der Waals surface area contributed by atoms with Gasteiger partial charge in [0, 0.05) is 5.41 Å². The Bertz CT molecular complexity index is 645. The smallest absolute Gasteiger partial charge is 0.339 e. The number of cyclic esters (lactones) is 1. The van der Waals surface area contributed by atoms with E-state index >= 15 is 0 Å². The molecular weight excluding hydrogens is 276 g/mol. The number of fused-ring (bicyclic) bond motifs is 1. The minimum Gasteiger partial charge on any atom is -0.462 e. The fourth-order valence-electron chi connectivity index (χ4n) is 6.40. The highest BCUT2D eigenvalue weighted by atomic mass is 16.6. The van der Waals surface area contributed by atoms with Crippen molar-refractivity contribution in [3.63, 3.8) is 0 Å². The zero-order chi connectivity index (χ0) is 15.4. The van der Waals surface area contributed by atoms with Crippen molar-refractivity contribution in [3.8, 4) is 0 Å². The number of esters is 1. The molecule has 0 aromatic heterocycles. The molecule has 0 aromatic rings. The second-order valence-electron chi connectivity index (χ2n) is 8.84. The van der Waals surface area contributed by atoms with Crippen LogP contribution in [0.2, 0.25) is 0 Å². The lowest BCUT2D eigenvalue weighted by Gasteiger charge is -2.60. The first kappa shape index (κ1) is 13.4. The molecule has 4 aliphatic carbocycles. The van der Waals surface area contributed by atoms with Crippen LogP contribution >= 0.6 is 0 Å². The summed E-state index contributed by atoms with van der Waals surface area (Å²) >= 11 is 0. The average Bonchev–Trinajstić information content (AvgIpc) is 2.65. The van der Waals surface area contributed by atoms with Gasteiger partial charge in [-0.15, -0.1) is 0 Å². The van der Waals surface area contributed by atoms with E-state index in [1.165, 1.54) is 12.0 Å². The van der Waals surface area contributed by atoms with Gasteiger partial charge in [-0.2, -0.15) is 0 Å². The van der Waals surface area contributed by atoms with Crippen LogP contribution in [0.15, 0.2) is 23.8 Å². The van der Waals surface area contributed by atoms with Crippen molar-refractivity contribution in [2.45, 2.75) is 58.2 Å². The Balaban J connectivity index is 1.83. The Morgan fingerprint density at radius 1 is 1.32 bits per heavy atom. The summed E-state index contributed by atoms with van der Waals surface area (Å²) in [5.74, 6) is 0.377. The number of carbonyl (C=O) groups is 1. The highest BCUT2D eigenvalue weighted by Crippen LogP contribution is 2.74. The van der Waals surface area contributed by atoms with Gasteiger partial charge in [-0.05, 0) is 43.9 Å². The van der Waals surface area contributed by atoms with E-state index < -0.39 is 5.60 Å². The SMILES string of the molecule is CC1=CC23CC[C@H]1C[C@@]21OC2C(C)(C)CC=CC23COC1=O. The summed E-state index contributed by atoms with van der Waals surface area (Å²) in [4.78, 5) is 12.9. The number of ether oxygens (including phenoxy) is 2. The van der Waals surface area contributed by atoms with Gasteiger partial charge in [-0.25, -0.2) is 4.79 Å². The van der Waals surface area contributed by atoms with E-state index in [0.717, 1.165) is 19.3 Å². The Hall–Kier alpha value is -1.09. The van der Waals surface area contributed by atoms with Crippen LogP contribution in [0.25, 0.3) is 0 Å². The van der Waals surface area contributed by atoms with E-state index in [4.69, 9.17) is 9.47 Å². The van der Waals surface area contributed by atoms with E-state index in [0.29, 0.717) is 12.5 Å². The molecular formula is C19H24O3. The van der Waals surface area contributed by atoms with Crippen LogP contribution in [-0.2, 0) is 14.3 Å². The quantitative estimate of drug-likeness (QED) is 0.508. The molecule has 3 unspecified atom stereocenters. The Kier molecular flexibility index (Phi) is 2.14. The molecule has 0 radical (unpaired) electrons. The van der Waals surface area contributed by atoms with Crippen molar-refractivity contribution in [3.05, 3.63) is 23.8 Å². The highest BCUT2D eigenvalue weighted by molar-refractivity contribution is 5.85. The first-order chi connectivity index (χ1) is 10.4. The van der Waals surface area contributed by atoms with Crippen LogP contribution in [0.4, 0.5) is 0 Å². The topological polar surface area (TPSA) is 35.5 Å². The molecule has 4 bridgehead atoms. The number of allylic oxidation sites excluding steroid dienone is 2. The molecule has 6 aliphatic rings. The second-order valence-corrected chi connectivity index (χ2v) is 8.84. The molecule has 2 spiro atoms. The maximum absolute atomic E-state index is 12.9. The van der Waals surface area contributed by atoms with Crippen LogP contribution in [0.3, 0.4) is 0 Å². The average molecular weight is 300 g/mol. The molecule has 2 saturated heterocycles. The summed E-state index contributed by atoms with van der Waals surface area (Å²) in [6, 6.07) is 0. The van der Waals surface area contributed by atoms with Gasteiger partial charge in [0.25, 0.3) is 0 Å². The standard InChI is InChI=1S/C19H24O3/c1-12-9-18-8-5-13(12)10-19(18)15(20)21-11-17(18)7-4-6-16(2,3)14(17)22-19/h4,7,9,13-14H,5-6,8,10-11H2,1-3H3/t13-,14?,17?,18?,19-/m0/s1. The number of rotatable bonds is 0. The van der Waals surface area contributed by atoms with E-state index in [2.05, 4.69) is 39.0 Å². The summed E-state index contributed by atoms with van der Waals surface area (Å²) in [6.45, 7) is 7.26. The summed E-state index contributed by atoms with van der Waals surface area (Å²) in [7, 11) is 0. The fourth-order valence-corrected chi connectivity index (χ4v) is 6.40. The fraction of sp³-hybridized carbons (Fsp3) is 0.737. The van der Waals surface area contributed by atoms with E-state index in [1.54, 1.807) is 0 Å². The van der Waals surface area contributed by atoms with Crippen molar-refractivity contribution in [2.24, 2.45) is 22.2 Å². The molecule has 2 heterocycles. The lowest BCUT2D eigenvalue weighted by molar-refractivity contribution is -0.200. The van der Waals surface area contributed by atoms with Crippen LogP contribution in [-0.4, -0.2) is 24.3 Å². The first-order valence-electron chi connectivity index (χ1n) is 8.59. The third-order valence-electron chi connectivity index (χ3n) is 7.42. The second kappa shape index (κ2) is 3.53. The first-order valence-corrected chi connectivity index (χ1v) is 8.59. The maximum Gasteiger partial charge on any atom is 0.339 e. The number of hydrogen-bond acceptors (Lipinski definition) is 3. The number of hydrogen-bond donors (Lipinski definition) is 0. The molecule has 22 heavy (non-hydrogen) atoms. The van der Waals surface area contributed by atoms with Crippen molar-refractivity contribution in [1.82, 2.24) is 0 Å². The lowest BCUT2D eigenvalue weighted by Crippen LogP contribution is -2.66. The summed E-state index contributed by atoms with van der Waals surface area (Å²) in [6.07, 6.45) is 11.2. The molecule has 3 nitrogen and oxygen atoms in total. The van der Waals surface area contributed by atoms with E-state index in [-0.39, 0.29) is 28.3 Å². The Morgan fingerprint density at radius 2 is 2.14 bits per heavy atom.